The van der Waals surface area contributed by atoms with Gasteiger partial charge in [0.25, 0.3) is 5.91 Å². The van der Waals surface area contributed by atoms with Crippen molar-refractivity contribution in [2.75, 3.05) is 38.2 Å². The molecule has 0 spiro atoms. The van der Waals surface area contributed by atoms with E-state index in [9.17, 15) is 9.59 Å². The standard InChI is InChI=1S/C24H25N3O4/c1-30-22-10-6-5-9-20(22)26-11-13-27(14-12-26)24(29)19-15-21(28)23(16-25-19)31-17-18-7-3-2-4-8-18/h2-10,15-16H,11-14,17H2,1H3,(H,25,28). The molecule has 3 aromatic rings. The molecule has 0 saturated carbocycles. The maximum Gasteiger partial charge on any atom is 0.270 e. The summed E-state index contributed by atoms with van der Waals surface area (Å²) in [5, 5.41) is 0. The predicted octanol–water partition coefficient (Wildman–Crippen LogP) is 2.92. The fourth-order valence-corrected chi connectivity index (χ4v) is 3.64. The van der Waals surface area contributed by atoms with Crippen LogP contribution in [0.2, 0.25) is 0 Å². The number of nitrogens with one attached hydrogen (secondary N) is 1. The summed E-state index contributed by atoms with van der Waals surface area (Å²) in [5.41, 5.74) is 1.94. The van der Waals surface area contributed by atoms with Gasteiger partial charge in [-0.3, -0.25) is 9.59 Å². The first-order valence-electron chi connectivity index (χ1n) is 10.2. The van der Waals surface area contributed by atoms with Gasteiger partial charge in [-0.05, 0) is 17.7 Å². The van der Waals surface area contributed by atoms with Crippen molar-refractivity contribution in [1.82, 2.24) is 9.88 Å². The number of aromatic nitrogens is 1. The van der Waals surface area contributed by atoms with Gasteiger partial charge in [0.2, 0.25) is 5.43 Å². The number of ether oxygens (including phenoxy) is 2. The minimum absolute atomic E-state index is 0.189. The highest BCUT2D eigenvalue weighted by Crippen LogP contribution is 2.28. The number of pyridine rings is 1. The third-order valence-corrected chi connectivity index (χ3v) is 5.34. The molecule has 2 aromatic carbocycles. The Morgan fingerprint density at radius 3 is 2.39 bits per heavy atom. The maximum atomic E-state index is 12.9. The van der Waals surface area contributed by atoms with Gasteiger partial charge in [-0.2, -0.15) is 0 Å². The molecule has 0 radical (unpaired) electrons. The van der Waals surface area contributed by atoms with E-state index in [0.717, 1.165) is 17.0 Å². The lowest BCUT2D eigenvalue weighted by Crippen LogP contribution is -2.49. The summed E-state index contributed by atoms with van der Waals surface area (Å²) in [7, 11) is 1.65. The van der Waals surface area contributed by atoms with E-state index in [4.69, 9.17) is 9.47 Å². The Balaban J connectivity index is 1.37. The predicted molar refractivity (Wildman–Crippen MR) is 119 cm³/mol. The Morgan fingerprint density at radius 2 is 1.68 bits per heavy atom. The Morgan fingerprint density at radius 1 is 0.968 bits per heavy atom. The normalized spacial score (nSPS) is 13.7. The summed E-state index contributed by atoms with van der Waals surface area (Å²) in [6, 6.07) is 18.8. The highest BCUT2D eigenvalue weighted by atomic mass is 16.5. The summed E-state index contributed by atoms with van der Waals surface area (Å²) in [4.78, 5) is 32.2. The Labute approximate surface area is 180 Å². The first-order valence-corrected chi connectivity index (χ1v) is 10.2. The SMILES string of the molecule is COc1ccccc1N1CCN(C(=O)c2cc(=O)c(OCc3ccccc3)c[nH]2)CC1. The zero-order chi connectivity index (χ0) is 21.6. The summed E-state index contributed by atoms with van der Waals surface area (Å²) in [6.07, 6.45) is 1.46. The molecular formula is C24H25N3O4. The number of aromatic amines is 1. The molecule has 1 fully saturated rings. The second-order valence-corrected chi connectivity index (χ2v) is 7.30. The fraction of sp³-hybridized carbons (Fsp3) is 0.250. The molecule has 1 saturated heterocycles. The number of nitrogens with zero attached hydrogens (tertiary/aromatic N) is 2. The van der Waals surface area contributed by atoms with Crippen molar-refractivity contribution in [3.63, 3.8) is 0 Å². The molecule has 7 nitrogen and oxygen atoms in total. The number of piperazine rings is 1. The highest BCUT2D eigenvalue weighted by molar-refractivity contribution is 5.92. The van der Waals surface area contributed by atoms with Crippen LogP contribution in [0.3, 0.4) is 0 Å². The Bertz CT molecular complexity index is 1090. The Hall–Kier alpha value is -3.74. The molecule has 0 atom stereocenters. The number of H-pyrrole nitrogens is 1. The molecule has 2 heterocycles. The first-order chi connectivity index (χ1) is 15.2. The molecule has 1 aromatic heterocycles. The van der Waals surface area contributed by atoms with Crippen molar-refractivity contribution >= 4 is 11.6 Å². The smallest absolute Gasteiger partial charge is 0.270 e. The van der Waals surface area contributed by atoms with E-state index >= 15 is 0 Å². The van der Waals surface area contributed by atoms with Gasteiger partial charge < -0.3 is 24.3 Å². The Kier molecular flexibility index (Phi) is 6.21. The van der Waals surface area contributed by atoms with Crippen molar-refractivity contribution in [3.05, 3.63) is 88.3 Å². The van der Waals surface area contributed by atoms with E-state index in [1.54, 1.807) is 12.0 Å². The number of rotatable bonds is 6. The van der Waals surface area contributed by atoms with Crippen LogP contribution < -0.4 is 19.8 Å². The number of amides is 1. The molecule has 0 bridgehead atoms. The minimum atomic E-state index is -0.314. The van der Waals surface area contributed by atoms with Gasteiger partial charge in [0.05, 0.1) is 12.8 Å². The fourth-order valence-electron chi connectivity index (χ4n) is 3.64. The third kappa shape index (κ3) is 4.71. The largest absolute Gasteiger partial charge is 0.495 e. The third-order valence-electron chi connectivity index (χ3n) is 5.34. The van der Waals surface area contributed by atoms with Gasteiger partial charge in [0.1, 0.15) is 18.1 Å². The van der Waals surface area contributed by atoms with Gasteiger partial charge in [0.15, 0.2) is 5.75 Å². The van der Waals surface area contributed by atoms with Gasteiger partial charge in [-0.15, -0.1) is 0 Å². The molecule has 1 aliphatic heterocycles. The number of anilines is 1. The van der Waals surface area contributed by atoms with Crippen LogP contribution in [0.1, 0.15) is 16.1 Å². The topological polar surface area (TPSA) is 74.9 Å². The lowest BCUT2D eigenvalue weighted by molar-refractivity contribution is 0.0740. The van der Waals surface area contributed by atoms with E-state index in [1.165, 1.54) is 12.3 Å². The molecule has 160 valence electrons. The van der Waals surface area contributed by atoms with Crippen LogP contribution in [-0.4, -0.2) is 49.1 Å². The number of benzene rings is 2. The average molecular weight is 419 g/mol. The molecular weight excluding hydrogens is 394 g/mol. The van der Waals surface area contributed by atoms with Crippen LogP contribution >= 0.6 is 0 Å². The summed E-state index contributed by atoms with van der Waals surface area (Å²) in [5.74, 6) is 0.825. The van der Waals surface area contributed by atoms with Crippen LogP contribution in [0.4, 0.5) is 5.69 Å². The molecule has 31 heavy (non-hydrogen) atoms. The zero-order valence-corrected chi connectivity index (χ0v) is 17.4. The number of para-hydroxylation sites is 2. The average Bonchev–Trinajstić information content (AvgIpc) is 2.83. The summed E-state index contributed by atoms with van der Waals surface area (Å²) >= 11 is 0. The van der Waals surface area contributed by atoms with Crippen LogP contribution in [0.5, 0.6) is 11.5 Å². The van der Waals surface area contributed by atoms with Crippen LogP contribution in [0, 0.1) is 0 Å². The lowest BCUT2D eigenvalue weighted by Gasteiger charge is -2.36. The molecule has 0 unspecified atom stereocenters. The molecule has 7 heteroatoms. The number of carbonyl (C=O) groups is 1. The van der Waals surface area contributed by atoms with Crippen molar-refractivity contribution in [1.29, 1.82) is 0 Å². The molecule has 0 aliphatic carbocycles. The van der Waals surface area contributed by atoms with Crippen LogP contribution in [0.25, 0.3) is 0 Å². The quantitative estimate of drug-likeness (QED) is 0.665. The van der Waals surface area contributed by atoms with E-state index in [-0.39, 0.29) is 22.8 Å². The second-order valence-electron chi connectivity index (χ2n) is 7.30. The zero-order valence-electron chi connectivity index (χ0n) is 17.4. The van der Waals surface area contributed by atoms with E-state index in [2.05, 4.69) is 9.88 Å². The van der Waals surface area contributed by atoms with Gasteiger partial charge in [0, 0.05) is 38.4 Å². The minimum Gasteiger partial charge on any atom is -0.495 e. The van der Waals surface area contributed by atoms with Crippen molar-refractivity contribution < 1.29 is 14.3 Å². The van der Waals surface area contributed by atoms with Crippen molar-refractivity contribution in [3.8, 4) is 11.5 Å². The molecule has 1 N–H and O–H groups in total. The highest BCUT2D eigenvalue weighted by Gasteiger charge is 2.24. The maximum absolute atomic E-state index is 12.9. The van der Waals surface area contributed by atoms with Gasteiger partial charge in [-0.25, -0.2) is 0 Å². The van der Waals surface area contributed by atoms with Crippen LogP contribution in [-0.2, 0) is 6.61 Å². The lowest BCUT2D eigenvalue weighted by atomic mass is 10.2. The molecule has 1 amide bonds. The molecule has 4 rings (SSSR count). The second kappa shape index (κ2) is 9.38. The van der Waals surface area contributed by atoms with Gasteiger partial charge >= 0.3 is 0 Å². The molecule has 1 aliphatic rings. The first kappa shape index (κ1) is 20.5. The summed E-state index contributed by atoms with van der Waals surface area (Å²) in [6.45, 7) is 2.79. The van der Waals surface area contributed by atoms with E-state index in [1.807, 2.05) is 54.6 Å². The van der Waals surface area contributed by atoms with Crippen molar-refractivity contribution in [2.24, 2.45) is 0 Å². The van der Waals surface area contributed by atoms with E-state index in [0.29, 0.717) is 32.8 Å². The van der Waals surface area contributed by atoms with Crippen molar-refractivity contribution in [2.45, 2.75) is 6.61 Å². The van der Waals surface area contributed by atoms with Crippen LogP contribution in [0.15, 0.2) is 71.7 Å². The monoisotopic (exact) mass is 419 g/mol. The van der Waals surface area contributed by atoms with E-state index < -0.39 is 0 Å². The van der Waals surface area contributed by atoms with Gasteiger partial charge in [-0.1, -0.05) is 42.5 Å². The number of hydrogen-bond donors (Lipinski definition) is 1. The number of methoxy groups -OCH3 is 1. The summed E-state index contributed by atoms with van der Waals surface area (Å²) < 4.78 is 11.0. The number of carbonyl (C=O) groups excluding carboxylic acids is 1. The number of hydrogen-bond acceptors (Lipinski definition) is 5.